The first-order chi connectivity index (χ1) is 8.77. The first-order valence-electron chi connectivity index (χ1n) is 6.79. The molecule has 1 fully saturated rings. The van der Waals surface area contributed by atoms with Gasteiger partial charge in [-0.25, -0.2) is 0 Å². The minimum absolute atomic E-state index is 0.330. The summed E-state index contributed by atoms with van der Waals surface area (Å²) < 4.78 is 12.0. The van der Waals surface area contributed by atoms with Crippen LogP contribution in [0.2, 0.25) is 0 Å². The van der Waals surface area contributed by atoms with E-state index in [1.807, 2.05) is 40.7 Å². The van der Waals surface area contributed by atoms with Crippen molar-refractivity contribution in [1.29, 1.82) is 0 Å². The molecule has 19 heavy (non-hydrogen) atoms. The summed E-state index contributed by atoms with van der Waals surface area (Å²) in [7, 11) is -0.393. The van der Waals surface area contributed by atoms with Crippen LogP contribution < -0.4 is 11.3 Å². The number of hydrogen-bond donors (Lipinski definition) is 1. The molecule has 1 aromatic heterocycles. The molecule has 2 N–H and O–H groups in total. The molecule has 0 aromatic carbocycles. The summed E-state index contributed by atoms with van der Waals surface area (Å²) in [6.07, 6.45) is 0.850. The maximum absolute atomic E-state index is 6.00. The maximum Gasteiger partial charge on any atom is 0.514 e. The van der Waals surface area contributed by atoms with Crippen molar-refractivity contribution in [2.45, 2.75) is 52.2 Å². The third-order valence-electron chi connectivity index (χ3n) is 4.13. The minimum atomic E-state index is -0.393. The third kappa shape index (κ3) is 2.68. The van der Waals surface area contributed by atoms with E-state index < -0.39 is 7.12 Å². The predicted octanol–water partition coefficient (Wildman–Crippen LogP) is 1.19. The summed E-state index contributed by atoms with van der Waals surface area (Å²) in [4.78, 5) is 4.60. The number of nitrogens with two attached hydrogens (primary N) is 1. The van der Waals surface area contributed by atoms with Crippen molar-refractivity contribution in [3.63, 3.8) is 0 Å². The van der Waals surface area contributed by atoms with Crippen LogP contribution in [-0.4, -0.2) is 29.8 Å². The molecule has 1 saturated heterocycles. The van der Waals surface area contributed by atoms with Gasteiger partial charge in [-0.3, -0.25) is 4.98 Å². The van der Waals surface area contributed by atoms with Crippen LogP contribution in [0.5, 0.6) is 0 Å². The van der Waals surface area contributed by atoms with E-state index in [1.54, 1.807) is 0 Å². The Hall–Kier alpha value is -0.905. The summed E-state index contributed by atoms with van der Waals surface area (Å²) in [6, 6.07) is 4.04. The Morgan fingerprint density at radius 3 is 2.21 bits per heavy atom. The minimum Gasteiger partial charge on any atom is -0.398 e. The van der Waals surface area contributed by atoms with Gasteiger partial charge in [0.15, 0.2) is 0 Å². The molecule has 0 bridgehead atoms. The van der Waals surface area contributed by atoms with Crippen LogP contribution in [0.1, 0.15) is 39.0 Å². The van der Waals surface area contributed by atoms with E-state index in [4.69, 9.17) is 15.0 Å². The largest absolute Gasteiger partial charge is 0.514 e. The van der Waals surface area contributed by atoms with E-state index in [-0.39, 0.29) is 11.2 Å². The van der Waals surface area contributed by atoms with E-state index in [2.05, 4.69) is 11.1 Å². The molecular formula is C14H23BN2O2. The van der Waals surface area contributed by atoms with Gasteiger partial charge >= 0.3 is 7.12 Å². The first-order valence-corrected chi connectivity index (χ1v) is 6.79. The topological polar surface area (TPSA) is 57.4 Å². The van der Waals surface area contributed by atoms with E-state index in [1.165, 1.54) is 5.56 Å². The second-order valence-electron chi connectivity index (χ2n) is 6.11. The van der Waals surface area contributed by atoms with Crippen molar-refractivity contribution in [1.82, 2.24) is 4.98 Å². The van der Waals surface area contributed by atoms with Crippen LogP contribution >= 0.6 is 0 Å². The number of pyridine rings is 1. The second-order valence-corrected chi connectivity index (χ2v) is 6.11. The molecule has 5 heteroatoms. The average molecular weight is 262 g/mol. The van der Waals surface area contributed by atoms with Crippen molar-refractivity contribution in [2.75, 3.05) is 6.54 Å². The zero-order valence-electron chi connectivity index (χ0n) is 12.5. The van der Waals surface area contributed by atoms with Crippen molar-refractivity contribution in [2.24, 2.45) is 5.73 Å². The zero-order valence-corrected chi connectivity index (χ0v) is 12.5. The lowest BCUT2D eigenvalue weighted by Crippen LogP contribution is -2.41. The molecule has 0 amide bonds. The van der Waals surface area contributed by atoms with Crippen molar-refractivity contribution in [3.8, 4) is 0 Å². The molecule has 0 radical (unpaired) electrons. The highest BCUT2D eigenvalue weighted by molar-refractivity contribution is 6.61. The van der Waals surface area contributed by atoms with Crippen molar-refractivity contribution >= 4 is 12.7 Å². The number of aryl methyl sites for hydroxylation is 1. The summed E-state index contributed by atoms with van der Waals surface area (Å²) in [5.74, 6) is 0. The number of hydrogen-bond acceptors (Lipinski definition) is 4. The smallest absolute Gasteiger partial charge is 0.398 e. The van der Waals surface area contributed by atoms with Gasteiger partial charge in [-0.05, 0) is 59.2 Å². The number of nitrogens with zero attached hydrogens (tertiary/aromatic N) is 1. The summed E-state index contributed by atoms with van der Waals surface area (Å²) in [5.41, 5.74) is 7.93. The maximum atomic E-state index is 6.00. The zero-order chi connectivity index (χ0) is 14.3. The van der Waals surface area contributed by atoms with Gasteiger partial charge in [0, 0.05) is 5.69 Å². The van der Waals surface area contributed by atoms with Crippen LogP contribution in [0.25, 0.3) is 0 Å². The van der Waals surface area contributed by atoms with Crippen molar-refractivity contribution in [3.05, 3.63) is 23.4 Å². The Morgan fingerprint density at radius 1 is 1.16 bits per heavy atom. The van der Waals surface area contributed by atoms with E-state index >= 15 is 0 Å². The molecule has 0 atom stereocenters. The summed E-state index contributed by atoms with van der Waals surface area (Å²) in [6.45, 7) is 10.8. The fraction of sp³-hybridized carbons (Fsp3) is 0.643. The van der Waals surface area contributed by atoms with Gasteiger partial charge in [-0.1, -0.05) is 6.07 Å². The highest BCUT2D eigenvalue weighted by atomic mass is 16.7. The van der Waals surface area contributed by atoms with Crippen molar-refractivity contribution < 1.29 is 9.31 Å². The summed E-state index contributed by atoms with van der Waals surface area (Å²) >= 11 is 0. The molecule has 1 aliphatic heterocycles. The monoisotopic (exact) mass is 262 g/mol. The van der Waals surface area contributed by atoms with Gasteiger partial charge in [-0.15, -0.1) is 0 Å². The molecule has 2 rings (SSSR count). The fourth-order valence-electron chi connectivity index (χ4n) is 2.12. The van der Waals surface area contributed by atoms with Crippen LogP contribution in [0.3, 0.4) is 0 Å². The lowest BCUT2D eigenvalue weighted by molar-refractivity contribution is 0.00578. The molecular weight excluding hydrogens is 239 g/mol. The van der Waals surface area contributed by atoms with Gasteiger partial charge in [-0.2, -0.15) is 0 Å². The Kier molecular flexibility index (Phi) is 3.73. The molecule has 1 aromatic rings. The number of rotatable bonds is 3. The Labute approximate surface area is 115 Å². The van der Waals surface area contributed by atoms with Gasteiger partial charge in [0.1, 0.15) is 0 Å². The van der Waals surface area contributed by atoms with E-state index in [0.29, 0.717) is 6.54 Å². The number of aromatic nitrogens is 1. The molecule has 4 nitrogen and oxygen atoms in total. The van der Waals surface area contributed by atoms with Gasteiger partial charge in [0.25, 0.3) is 0 Å². The molecule has 0 spiro atoms. The Bertz CT molecular complexity index is 459. The average Bonchev–Trinajstić information content (AvgIpc) is 2.51. The van der Waals surface area contributed by atoms with Crippen LogP contribution in [0, 0.1) is 6.92 Å². The second kappa shape index (κ2) is 4.89. The lowest BCUT2D eigenvalue weighted by Gasteiger charge is -2.32. The Morgan fingerprint density at radius 2 is 1.74 bits per heavy atom. The molecule has 2 heterocycles. The molecule has 0 saturated carbocycles. The van der Waals surface area contributed by atoms with Gasteiger partial charge in [0.2, 0.25) is 0 Å². The van der Waals surface area contributed by atoms with Crippen LogP contribution in [0.15, 0.2) is 12.1 Å². The molecule has 0 unspecified atom stereocenters. The van der Waals surface area contributed by atoms with Crippen LogP contribution in [0.4, 0.5) is 0 Å². The van der Waals surface area contributed by atoms with Gasteiger partial charge < -0.3 is 15.0 Å². The SMILES string of the molecule is Cc1nc(B2OC(C)(C)C(C)(C)O2)ccc1CCN. The standard InChI is InChI=1S/C14H23BN2O2/c1-10-11(8-9-16)6-7-12(17-10)15-18-13(2,3)14(4,5)19-15/h6-7H,8-9,16H2,1-5H3. The fourth-order valence-corrected chi connectivity index (χ4v) is 2.12. The molecule has 0 aliphatic carbocycles. The normalized spacial score (nSPS) is 20.8. The highest BCUT2D eigenvalue weighted by Crippen LogP contribution is 2.36. The van der Waals surface area contributed by atoms with E-state index in [9.17, 15) is 0 Å². The van der Waals surface area contributed by atoms with Crippen LogP contribution in [-0.2, 0) is 15.7 Å². The predicted molar refractivity (Wildman–Crippen MR) is 77.4 cm³/mol. The quantitative estimate of drug-likeness (QED) is 0.831. The van der Waals surface area contributed by atoms with E-state index in [0.717, 1.165) is 17.7 Å². The summed E-state index contributed by atoms with van der Waals surface area (Å²) in [5, 5.41) is 0. The lowest BCUT2D eigenvalue weighted by atomic mass is 9.83. The first kappa shape index (κ1) is 14.5. The highest BCUT2D eigenvalue weighted by Gasteiger charge is 2.52. The third-order valence-corrected chi connectivity index (χ3v) is 4.13. The van der Waals surface area contributed by atoms with Gasteiger partial charge in [0.05, 0.1) is 16.8 Å². The Balaban J connectivity index is 2.23. The molecule has 104 valence electrons. The molecule has 1 aliphatic rings.